The van der Waals surface area contributed by atoms with Gasteiger partial charge in [0.15, 0.2) is 0 Å². The van der Waals surface area contributed by atoms with Crippen LogP contribution in [0.15, 0.2) is 267 Å². The van der Waals surface area contributed by atoms with Gasteiger partial charge in [-0.2, -0.15) is 24.3 Å². The van der Waals surface area contributed by atoms with E-state index in [1.165, 1.54) is 112 Å². The van der Waals surface area contributed by atoms with Crippen LogP contribution in [0.2, 0.25) is 0 Å². The van der Waals surface area contributed by atoms with Gasteiger partial charge in [-0.1, -0.05) is 79.7 Å². The van der Waals surface area contributed by atoms with Gasteiger partial charge in [0, 0.05) is 0 Å². The van der Waals surface area contributed by atoms with Crippen molar-refractivity contribution in [1.82, 2.24) is 0 Å². The molecule has 0 spiro atoms. The summed E-state index contributed by atoms with van der Waals surface area (Å²) in [7, 11) is 0. The third-order valence-corrected chi connectivity index (χ3v) is 25.7. The molecule has 12 aromatic carbocycles. The average Bonchev–Trinajstić information content (AvgIpc) is 4.32. The summed E-state index contributed by atoms with van der Waals surface area (Å²) in [6, 6.07) is 96.0. The first kappa shape index (κ1) is 67.8. The van der Waals surface area contributed by atoms with Crippen molar-refractivity contribution in [3.63, 3.8) is 0 Å². The number of hydrogen-bond acceptors (Lipinski definition) is 0. The van der Waals surface area contributed by atoms with E-state index >= 15 is 0 Å². The summed E-state index contributed by atoms with van der Waals surface area (Å²) in [6.07, 6.45) is 4.76. The molecular formula is C76H80Cl2Si2Zr2-2. The summed E-state index contributed by atoms with van der Waals surface area (Å²) in [4.78, 5) is 0. The van der Waals surface area contributed by atoms with E-state index < -0.39 is 10.9 Å². The molecular weight excluding hydrogens is 1220 g/mol. The van der Waals surface area contributed by atoms with Gasteiger partial charge in [0.25, 0.3) is 0 Å². The van der Waals surface area contributed by atoms with Crippen LogP contribution in [0.4, 0.5) is 0 Å². The molecule has 0 saturated heterocycles. The number of rotatable bonds is 12. The van der Waals surface area contributed by atoms with E-state index in [9.17, 15) is 0 Å². The molecule has 0 fully saturated rings. The van der Waals surface area contributed by atoms with Crippen molar-refractivity contribution < 1.29 is 71.5 Å². The van der Waals surface area contributed by atoms with Crippen molar-refractivity contribution in [1.29, 1.82) is 0 Å². The second kappa shape index (κ2) is 36.0. The van der Waals surface area contributed by atoms with Crippen LogP contribution in [0.25, 0.3) is 43.1 Å². The van der Waals surface area contributed by atoms with E-state index in [0.29, 0.717) is 0 Å². The Morgan fingerprint density at radius 2 is 0.439 bits per heavy atom. The minimum absolute atomic E-state index is 0. The third kappa shape index (κ3) is 22.5. The monoisotopic (exact) mass is 1300 g/mol. The molecule has 0 unspecified atom stereocenters. The molecule has 0 aliphatic rings. The zero-order valence-corrected chi connectivity index (χ0v) is 57.7. The van der Waals surface area contributed by atoms with Crippen LogP contribution in [0.5, 0.6) is 0 Å². The standard InChI is InChI=1S/4C13H15.2C12H10Si.2ClH.2Zr/c4*1-10(2)7-11-8-12-5-3-4-6-13(12)9-11;2*1-3-7-11(8-4-1)13-12-9-5-2-6-10-12;;;;/h4*3-6,8-10H,7H2,1-2H3;2*1-10H;2*1H;;/q4*-1;;;;;2*+2/p-2. The minimum atomic E-state index is -0.455. The molecule has 0 aliphatic heterocycles. The molecule has 0 nitrogen and oxygen atoms in total. The van der Waals surface area contributed by atoms with E-state index in [-0.39, 0.29) is 24.8 Å². The van der Waals surface area contributed by atoms with Crippen molar-refractivity contribution in [3.05, 3.63) is 289 Å². The van der Waals surface area contributed by atoms with Crippen molar-refractivity contribution >= 4 is 74.7 Å². The second-order valence-electron chi connectivity index (χ2n) is 22.6. The van der Waals surface area contributed by atoms with Gasteiger partial charge in [-0.05, 0) is 49.4 Å². The Bertz CT molecular complexity index is 3090. The van der Waals surface area contributed by atoms with E-state index in [2.05, 4.69) is 322 Å². The summed E-state index contributed by atoms with van der Waals surface area (Å²) in [5, 5.41) is 17.0. The Kier molecular flexibility index (Phi) is 29.7. The van der Waals surface area contributed by atoms with Crippen LogP contribution in [0, 0.1) is 23.7 Å². The molecule has 416 valence electrons. The summed E-state index contributed by atoms with van der Waals surface area (Å²) in [5.41, 5.74) is 4.97. The molecule has 0 aliphatic carbocycles. The van der Waals surface area contributed by atoms with Gasteiger partial charge in [0.1, 0.15) is 0 Å². The Morgan fingerprint density at radius 1 is 0.268 bits per heavy atom. The first-order valence-electron chi connectivity index (χ1n) is 28.7. The number of halogens is 2. The molecule has 0 radical (unpaired) electrons. The normalized spacial score (nSPS) is 10.5. The van der Waals surface area contributed by atoms with Crippen LogP contribution >= 0.6 is 0 Å². The Hall–Kier alpha value is -5.02. The molecule has 82 heavy (non-hydrogen) atoms. The molecule has 12 aromatic rings. The molecule has 0 amide bonds. The number of benzene rings is 8. The maximum atomic E-state index is 2.30. The summed E-state index contributed by atoms with van der Waals surface area (Å²) in [5.74, 6) is 2.99. The van der Waals surface area contributed by atoms with E-state index in [4.69, 9.17) is 0 Å². The molecule has 12 rings (SSSR count). The molecule has 0 N–H and O–H groups in total. The zero-order valence-electron chi connectivity index (χ0n) is 49.3. The van der Waals surface area contributed by atoms with Crippen LogP contribution in [0.3, 0.4) is 0 Å². The summed E-state index contributed by atoms with van der Waals surface area (Å²) >= 11 is 3.29. The van der Waals surface area contributed by atoms with Crippen molar-refractivity contribution in [2.45, 2.75) is 81.1 Å². The average molecular weight is 1300 g/mol. The van der Waals surface area contributed by atoms with Gasteiger partial charge < -0.3 is 24.8 Å². The van der Waals surface area contributed by atoms with Gasteiger partial charge in [-0.25, -0.2) is 0 Å². The first-order valence-corrected chi connectivity index (χ1v) is 39.1. The molecule has 0 bridgehead atoms. The van der Waals surface area contributed by atoms with Gasteiger partial charge in [-0.3, -0.25) is 0 Å². The molecule has 0 aromatic heterocycles. The Balaban J connectivity index is 0.000000180. The maximum absolute atomic E-state index is 2.30. The molecule has 0 atom stereocenters. The summed E-state index contributed by atoms with van der Waals surface area (Å²) in [6.45, 7) is 18.1. The topological polar surface area (TPSA) is 0 Å². The fourth-order valence-electron chi connectivity index (χ4n) is 9.97. The Morgan fingerprint density at radius 3 is 0.610 bits per heavy atom. The molecule has 0 heterocycles. The van der Waals surface area contributed by atoms with Gasteiger partial charge in [-0.15, -0.1) is 162 Å². The van der Waals surface area contributed by atoms with Crippen LogP contribution in [0.1, 0.15) is 77.6 Å². The van der Waals surface area contributed by atoms with E-state index in [1.807, 2.05) is 0 Å². The van der Waals surface area contributed by atoms with Gasteiger partial charge in [0.05, 0.1) is 0 Å². The predicted molar refractivity (Wildman–Crippen MR) is 348 cm³/mol. The van der Waals surface area contributed by atoms with Gasteiger partial charge >= 0.3 is 200 Å². The second-order valence-corrected chi connectivity index (χ2v) is 33.8. The first-order chi connectivity index (χ1) is 38.8. The third-order valence-electron chi connectivity index (χ3n) is 13.5. The van der Waals surface area contributed by atoms with E-state index in [0.717, 1.165) is 23.7 Å². The van der Waals surface area contributed by atoms with Crippen LogP contribution < -0.4 is 45.6 Å². The van der Waals surface area contributed by atoms with Crippen molar-refractivity contribution in [3.8, 4) is 0 Å². The van der Waals surface area contributed by atoms with Crippen LogP contribution in [-0.2, 0) is 72.4 Å². The SMILES string of the molecule is CC(C)Cc1cc2ccccc2[cH-]1.CC(C)Cc1cc2ccccc2[cH-]1.CC(C)Cc1cc2ccccc2[cH-]1.CC(C)Cc1cc2ccccc2[cH-]1.[Cl-].[Cl-].[Zr+2]=[Si](c1ccccc1)c1ccccc1.[Zr+2]=[Si](c1ccccc1)c1ccccc1. The fourth-order valence-corrected chi connectivity index (χ4v) is 17.7. The number of fused-ring (bicyclic) bond motifs is 4. The molecule has 6 heteroatoms. The van der Waals surface area contributed by atoms with E-state index in [1.54, 1.807) is 46.7 Å². The quantitative estimate of drug-likeness (QED) is 0.0845. The van der Waals surface area contributed by atoms with Crippen molar-refractivity contribution in [2.24, 2.45) is 23.7 Å². The Labute approximate surface area is 534 Å². The number of hydrogen-bond donors (Lipinski definition) is 0. The van der Waals surface area contributed by atoms with Crippen LogP contribution in [-0.4, -0.2) is 10.9 Å². The predicted octanol–water partition coefficient (Wildman–Crippen LogP) is 11.7. The van der Waals surface area contributed by atoms with Gasteiger partial charge in [0.2, 0.25) is 0 Å². The fraction of sp³-hybridized carbons (Fsp3) is 0.211. The van der Waals surface area contributed by atoms with Crippen molar-refractivity contribution in [2.75, 3.05) is 0 Å². The zero-order chi connectivity index (χ0) is 56.6. The molecule has 0 saturated carbocycles. The summed E-state index contributed by atoms with van der Waals surface area (Å²) < 4.78 is 0.